The maximum absolute atomic E-state index is 11.4. The molecule has 1 N–H and O–H groups in total. The van der Waals surface area contributed by atoms with Crippen LogP contribution in [0, 0.1) is 10.1 Å². The summed E-state index contributed by atoms with van der Waals surface area (Å²) >= 11 is 1.14. The van der Waals surface area contributed by atoms with Gasteiger partial charge in [-0.2, -0.15) is 0 Å². The van der Waals surface area contributed by atoms with Crippen molar-refractivity contribution in [3.8, 4) is 11.3 Å². The first-order valence-electron chi connectivity index (χ1n) is 5.86. The van der Waals surface area contributed by atoms with Gasteiger partial charge in [0.2, 0.25) is 5.91 Å². The van der Waals surface area contributed by atoms with Gasteiger partial charge in [0.25, 0.3) is 5.69 Å². The fourth-order valence-electron chi connectivity index (χ4n) is 1.51. The number of aliphatic carboxylic acids is 1. The Morgan fingerprint density at radius 1 is 1.23 bits per heavy atom. The lowest BCUT2D eigenvalue weighted by Gasteiger charge is -1.97. The maximum atomic E-state index is 11.4. The van der Waals surface area contributed by atoms with Crippen molar-refractivity contribution in [1.29, 1.82) is 0 Å². The predicted octanol–water partition coefficient (Wildman–Crippen LogP) is 0.963. The third kappa shape index (κ3) is 3.96. The quantitative estimate of drug-likeness (QED) is 0.497. The fourth-order valence-corrected chi connectivity index (χ4v) is 2.23. The van der Waals surface area contributed by atoms with Gasteiger partial charge in [0.05, 0.1) is 16.6 Å². The second kappa shape index (κ2) is 6.59. The second-order valence-electron chi connectivity index (χ2n) is 3.98. The summed E-state index contributed by atoms with van der Waals surface area (Å²) in [6.45, 7) is 0. The summed E-state index contributed by atoms with van der Waals surface area (Å²) in [6.07, 6.45) is 1.43. The molecule has 0 fully saturated rings. The Morgan fingerprint density at radius 2 is 1.91 bits per heavy atom. The van der Waals surface area contributed by atoms with Crippen LogP contribution in [0.15, 0.2) is 41.8 Å². The second-order valence-corrected chi connectivity index (χ2v) is 4.84. The number of nitro groups is 1. The standard InChI is InChI=1S/C13H9N3O5S/c17-11(5-6-12(18)19)15-13-14-10(7-22-13)8-1-3-9(4-2-8)16(20)21/h1-7H,(H,18,19)(H,14,15,17)/p-1/b6-5+. The van der Waals surface area contributed by atoms with Gasteiger partial charge in [-0.3, -0.25) is 20.2 Å². The Balaban J connectivity index is 2.09. The number of amides is 1. The molecule has 8 nitrogen and oxygen atoms in total. The van der Waals surface area contributed by atoms with E-state index in [4.69, 9.17) is 0 Å². The average molecular weight is 318 g/mol. The van der Waals surface area contributed by atoms with Gasteiger partial charge in [-0.25, -0.2) is 4.98 Å². The topological polar surface area (TPSA) is 125 Å². The zero-order chi connectivity index (χ0) is 16.1. The number of carboxylic acid groups (broad SMARTS) is 1. The van der Waals surface area contributed by atoms with Crippen LogP contribution < -0.4 is 10.4 Å². The van der Waals surface area contributed by atoms with Crippen molar-refractivity contribution < 1.29 is 19.6 Å². The molecule has 1 aromatic heterocycles. The van der Waals surface area contributed by atoms with Crippen LogP contribution in [0.1, 0.15) is 0 Å². The minimum Gasteiger partial charge on any atom is -0.545 e. The number of hydrogen-bond donors (Lipinski definition) is 1. The number of carboxylic acids is 1. The summed E-state index contributed by atoms with van der Waals surface area (Å²) in [5.41, 5.74) is 1.17. The Labute approximate surface area is 127 Å². The van der Waals surface area contributed by atoms with Gasteiger partial charge in [-0.05, 0) is 18.2 Å². The molecule has 0 spiro atoms. The predicted molar refractivity (Wildman–Crippen MR) is 77.0 cm³/mol. The van der Waals surface area contributed by atoms with E-state index in [0.29, 0.717) is 17.3 Å². The van der Waals surface area contributed by atoms with Gasteiger partial charge >= 0.3 is 0 Å². The molecule has 0 radical (unpaired) electrons. The molecule has 112 valence electrons. The van der Waals surface area contributed by atoms with Crippen LogP contribution in [0.2, 0.25) is 0 Å². The summed E-state index contributed by atoms with van der Waals surface area (Å²) in [5, 5.41) is 25.1. The number of hydrogen-bond acceptors (Lipinski definition) is 7. The summed E-state index contributed by atoms with van der Waals surface area (Å²) < 4.78 is 0. The van der Waals surface area contributed by atoms with Gasteiger partial charge in [0.1, 0.15) is 0 Å². The van der Waals surface area contributed by atoms with Gasteiger partial charge in [0.15, 0.2) is 5.13 Å². The third-order valence-electron chi connectivity index (χ3n) is 2.48. The molecule has 0 aliphatic carbocycles. The van der Waals surface area contributed by atoms with E-state index in [0.717, 1.165) is 17.4 Å². The van der Waals surface area contributed by atoms with Crippen LogP contribution >= 0.6 is 11.3 Å². The molecular weight excluding hydrogens is 310 g/mol. The SMILES string of the molecule is O=C([O-])/C=C/C(=O)Nc1nc(-c2ccc([N+](=O)[O-])cc2)cs1. The molecule has 2 rings (SSSR count). The van der Waals surface area contributed by atoms with Gasteiger partial charge in [0, 0.05) is 29.2 Å². The minimum absolute atomic E-state index is 0.0278. The number of aromatic nitrogens is 1. The zero-order valence-corrected chi connectivity index (χ0v) is 11.7. The van der Waals surface area contributed by atoms with E-state index < -0.39 is 16.8 Å². The summed E-state index contributed by atoms with van der Waals surface area (Å²) in [5.74, 6) is -2.12. The van der Waals surface area contributed by atoms with Crippen molar-refractivity contribution in [2.24, 2.45) is 0 Å². The highest BCUT2D eigenvalue weighted by atomic mass is 32.1. The Morgan fingerprint density at radius 3 is 2.50 bits per heavy atom. The van der Waals surface area contributed by atoms with Crippen molar-refractivity contribution in [1.82, 2.24) is 4.98 Å². The van der Waals surface area contributed by atoms with Crippen molar-refractivity contribution in [3.63, 3.8) is 0 Å². The number of carbonyl (C=O) groups is 2. The number of non-ortho nitro benzene ring substituents is 1. The molecule has 22 heavy (non-hydrogen) atoms. The van der Waals surface area contributed by atoms with E-state index in [1.54, 1.807) is 17.5 Å². The van der Waals surface area contributed by atoms with Crippen molar-refractivity contribution in [3.05, 3.63) is 51.9 Å². The lowest BCUT2D eigenvalue weighted by Crippen LogP contribution is -2.20. The summed E-state index contributed by atoms with van der Waals surface area (Å²) in [4.78, 5) is 35.8. The highest BCUT2D eigenvalue weighted by Crippen LogP contribution is 2.26. The van der Waals surface area contributed by atoms with E-state index in [1.165, 1.54) is 12.1 Å². The van der Waals surface area contributed by atoms with Crippen molar-refractivity contribution >= 4 is 34.0 Å². The lowest BCUT2D eigenvalue weighted by atomic mass is 10.1. The summed E-state index contributed by atoms with van der Waals surface area (Å²) in [7, 11) is 0. The molecule has 0 bridgehead atoms. The highest BCUT2D eigenvalue weighted by Gasteiger charge is 2.09. The van der Waals surface area contributed by atoms with E-state index in [2.05, 4.69) is 10.3 Å². The molecule has 1 heterocycles. The first kappa shape index (κ1) is 15.3. The molecule has 0 atom stereocenters. The van der Waals surface area contributed by atoms with Gasteiger partial charge < -0.3 is 9.90 Å². The largest absolute Gasteiger partial charge is 0.545 e. The Bertz CT molecular complexity index is 751. The molecular formula is C13H8N3O5S-. The Kier molecular flexibility index (Phi) is 4.59. The number of benzene rings is 1. The number of rotatable bonds is 5. The smallest absolute Gasteiger partial charge is 0.269 e. The van der Waals surface area contributed by atoms with E-state index in [-0.39, 0.29) is 10.8 Å². The number of anilines is 1. The van der Waals surface area contributed by atoms with Crippen LogP contribution in [0.3, 0.4) is 0 Å². The molecule has 0 aliphatic heterocycles. The maximum Gasteiger partial charge on any atom is 0.269 e. The van der Waals surface area contributed by atoms with E-state index >= 15 is 0 Å². The number of carbonyl (C=O) groups excluding carboxylic acids is 2. The molecule has 0 aliphatic rings. The fraction of sp³-hybridized carbons (Fsp3) is 0. The molecule has 0 unspecified atom stereocenters. The molecule has 1 amide bonds. The van der Waals surface area contributed by atoms with E-state index in [9.17, 15) is 24.8 Å². The third-order valence-corrected chi connectivity index (χ3v) is 3.24. The number of nitro benzene ring substituents is 1. The lowest BCUT2D eigenvalue weighted by molar-refractivity contribution is -0.384. The monoisotopic (exact) mass is 318 g/mol. The number of nitrogens with one attached hydrogen (secondary N) is 1. The first-order chi connectivity index (χ1) is 10.5. The van der Waals surface area contributed by atoms with E-state index in [1.807, 2.05) is 0 Å². The van der Waals surface area contributed by atoms with Gasteiger partial charge in [-0.1, -0.05) is 0 Å². The normalized spacial score (nSPS) is 10.5. The van der Waals surface area contributed by atoms with Crippen molar-refractivity contribution in [2.45, 2.75) is 0 Å². The van der Waals surface area contributed by atoms with Crippen LogP contribution in [0.5, 0.6) is 0 Å². The zero-order valence-electron chi connectivity index (χ0n) is 10.9. The van der Waals surface area contributed by atoms with Crippen LogP contribution in [0.25, 0.3) is 11.3 Å². The van der Waals surface area contributed by atoms with Crippen LogP contribution in [-0.2, 0) is 9.59 Å². The highest BCUT2D eigenvalue weighted by molar-refractivity contribution is 7.14. The summed E-state index contributed by atoms with van der Waals surface area (Å²) in [6, 6.07) is 5.81. The molecule has 0 saturated carbocycles. The van der Waals surface area contributed by atoms with Crippen molar-refractivity contribution in [2.75, 3.05) is 5.32 Å². The molecule has 0 saturated heterocycles. The molecule has 1 aromatic carbocycles. The Hall–Kier alpha value is -3.07. The number of thiazole rings is 1. The number of nitrogens with zero attached hydrogens (tertiary/aromatic N) is 2. The molecule has 9 heteroatoms. The van der Waals surface area contributed by atoms with Crippen LogP contribution in [-0.4, -0.2) is 21.8 Å². The first-order valence-corrected chi connectivity index (χ1v) is 6.74. The van der Waals surface area contributed by atoms with Crippen LogP contribution in [0.4, 0.5) is 10.8 Å². The minimum atomic E-state index is -1.47. The molecule has 2 aromatic rings. The van der Waals surface area contributed by atoms with Gasteiger partial charge in [-0.15, -0.1) is 11.3 Å². The average Bonchev–Trinajstić information content (AvgIpc) is 2.93.